The van der Waals surface area contributed by atoms with Crippen LogP contribution in [0.15, 0.2) is 24.3 Å². The zero-order chi connectivity index (χ0) is 11.1. The molecule has 1 heterocycles. The third kappa shape index (κ3) is 1.53. The molecule has 4 nitrogen and oxygen atoms in total. The summed E-state index contributed by atoms with van der Waals surface area (Å²) in [6.07, 6.45) is -0.423. The second-order valence-electron chi connectivity index (χ2n) is 3.71. The number of nitrogens with zero attached hydrogens (tertiary/aromatic N) is 1. The molecule has 1 aliphatic rings. The first-order chi connectivity index (χ1) is 7.05. The summed E-state index contributed by atoms with van der Waals surface area (Å²) < 4.78 is -0.758. The van der Waals surface area contributed by atoms with Crippen LogP contribution < -0.4 is 5.73 Å². The quantitative estimate of drug-likeness (QED) is 0.449. The van der Waals surface area contributed by atoms with E-state index in [0.717, 1.165) is 5.56 Å². The Morgan fingerprint density at radius 2 is 2.13 bits per heavy atom. The first kappa shape index (κ1) is 10.5. The van der Waals surface area contributed by atoms with Crippen molar-refractivity contribution in [1.29, 1.82) is 0 Å². The van der Waals surface area contributed by atoms with Crippen LogP contribution in [0.2, 0.25) is 0 Å². The minimum atomic E-state index is -1.08. The molecule has 0 saturated carbocycles. The van der Waals surface area contributed by atoms with E-state index in [1.165, 1.54) is 0 Å². The van der Waals surface area contributed by atoms with Gasteiger partial charge in [-0.3, -0.25) is 0 Å². The number of aliphatic hydroxyl groups is 1. The monoisotopic (exact) mass is 225 g/mol. The summed E-state index contributed by atoms with van der Waals surface area (Å²) in [7, 11) is 0. The predicted octanol–water partition coefficient (Wildman–Crippen LogP) is 0.683. The fraction of sp³-hybridized carbons (Fsp3) is 0.300. The van der Waals surface area contributed by atoms with Gasteiger partial charge >= 0.3 is 5.11 Å². The Morgan fingerprint density at radius 1 is 1.47 bits per heavy atom. The van der Waals surface area contributed by atoms with Crippen LogP contribution in [0.5, 0.6) is 0 Å². The lowest BCUT2D eigenvalue weighted by atomic mass is 9.98. The molecule has 0 amide bonds. The Kier molecular flexibility index (Phi) is 2.47. The van der Waals surface area contributed by atoms with Gasteiger partial charge in [-0.15, -0.1) is 0 Å². The largest absolute Gasteiger partial charge is 0.342 e. The molecule has 1 aliphatic heterocycles. The summed E-state index contributed by atoms with van der Waals surface area (Å²) >= 11 is 4.78. The highest BCUT2D eigenvalue weighted by Gasteiger charge is 2.44. The number of hydroxylamine groups is 3. The number of nitrogens with two attached hydrogens (primary N) is 1. The highest BCUT2D eigenvalue weighted by molar-refractivity contribution is 7.79. The van der Waals surface area contributed by atoms with Gasteiger partial charge in [0.25, 0.3) is 6.23 Å². The summed E-state index contributed by atoms with van der Waals surface area (Å²) in [6, 6.07) is 7.43. The first-order valence-electron chi connectivity index (χ1n) is 4.72. The van der Waals surface area contributed by atoms with E-state index in [1.54, 1.807) is 6.07 Å². The molecule has 2 unspecified atom stereocenters. The molecule has 0 radical (unpaired) electrons. The molecular formula is C10H13N2O2S+. The normalized spacial score (nSPS) is 29.6. The zero-order valence-electron chi connectivity index (χ0n) is 8.13. The molecule has 0 spiro atoms. The molecule has 2 rings (SSSR count). The fourth-order valence-electron chi connectivity index (χ4n) is 1.89. The molecular weight excluding hydrogens is 212 g/mol. The van der Waals surface area contributed by atoms with Gasteiger partial charge in [0.1, 0.15) is 6.54 Å². The fourth-order valence-corrected chi connectivity index (χ4v) is 2.08. The summed E-state index contributed by atoms with van der Waals surface area (Å²) in [5, 5.41) is 20.0. The molecule has 2 atom stereocenters. The van der Waals surface area contributed by atoms with Crippen molar-refractivity contribution in [2.45, 2.75) is 12.6 Å². The lowest BCUT2D eigenvalue weighted by Gasteiger charge is -2.36. The van der Waals surface area contributed by atoms with Crippen LogP contribution in [0.3, 0.4) is 0 Å². The van der Waals surface area contributed by atoms with Gasteiger partial charge in [0.2, 0.25) is 0 Å². The van der Waals surface area contributed by atoms with Crippen molar-refractivity contribution in [3.63, 3.8) is 0 Å². The van der Waals surface area contributed by atoms with Crippen molar-refractivity contribution in [3.05, 3.63) is 35.4 Å². The maximum Gasteiger partial charge on any atom is 0.302 e. The molecule has 15 heavy (non-hydrogen) atoms. The Morgan fingerprint density at radius 3 is 2.80 bits per heavy atom. The molecule has 0 fully saturated rings. The van der Waals surface area contributed by atoms with Gasteiger partial charge in [-0.25, -0.2) is 5.21 Å². The van der Waals surface area contributed by atoms with Crippen molar-refractivity contribution < 1.29 is 15.0 Å². The van der Waals surface area contributed by atoms with Gasteiger partial charge in [0, 0.05) is 24.2 Å². The highest BCUT2D eigenvalue weighted by atomic mass is 32.1. The number of quaternary nitrogens is 1. The number of aliphatic hydroxyl groups excluding tert-OH is 1. The van der Waals surface area contributed by atoms with E-state index in [-0.39, 0.29) is 5.11 Å². The van der Waals surface area contributed by atoms with E-state index in [4.69, 9.17) is 18.0 Å². The van der Waals surface area contributed by atoms with E-state index >= 15 is 0 Å². The Hall–Kier alpha value is -1.01. The SMILES string of the molecule is NC(=S)[N+]1(O)CCc2ccccc2C1O. The van der Waals surface area contributed by atoms with Gasteiger partial charge < -0.3 is 10.8 Å². The van der Waals surface area contributed by atoms with E-state index in [2.05, 4.69) is 0 Å². The van der Waals surface area contributed by atoms with Gasteiger partial charge in [0.05, 0.1) is 0 Å². The minimum Gasteiger partial charge on any atom is -0.342 e. The molecule has 80 valence electrons. The van der Waals surface area contributed by atoms with Crippen molar-refractivity contribution in [2.75, 3.05) is 6.54 Å². The average Bonchev–Trinajstić information content (AvgIpc) is 2.24. The molecule has 0 bridgehead atoms. The average molecular weight is 225 g/mol. The lowest BCUT2D eigenvalue weighted by Crippen LogP contribution is -2.58. The Labute approximate surface area is 93.1 Å². The Bertz CT molecular complexity index is 410. The molecule has 1 aromatic carbocycles. The van der Waals surface area contributed by atoms with E-state index < -0.39 is 10.9 Å². The highest BCUT2D eigenvalue weighted by Crippen LogP contribution is 2.32. The second kappa shape index (κ2) is 3.53. The number of hydrogen-bond acceptors (Lipinski definition) is 3. The number of hydrogen-bond donors (Lipinski definition) is 3. The molecule has 0 saturated heterocycles. The summed E-state index contributed by atoms with van der Waals surface area (Å²) in [5.41, 5.74) is 7.17. The predicted molar refractivity (Wildman–Crippen MR) is 58.8 cm³/mol. The zero-order valence-corrected chi connectivity index (χ0v) is 8.94. The van der Waals surface area contributed by atoms with Crippen LogP contribution in [0.25, 0.3) is 0 Å². The van der Waals surface area contributed by atoms with Gasteiger partial charge in [-0.1, -0.05) is 22.8 Å². The third-order valence-electron chi connectivity index (χ3n) is 2.84. The minimum absolute atomic E-state index is 0.1000. The number of rotatable bonds is 0. The van der Waals surface area contributed by atoms with Crippen LogP contribution in [-0.2, 0) is 6.42 Å². The summed E-state index contributed by atoms with van der Waals surface area (Å²) in [5.74, 6) is 0. The number of benzene rings is 1. The van der Waals surface area contributed by atoms with Gasteiger partial charge in [-0.2, -0.15) is 0 Å². The standard InChI is InChI=1S/C10H12N2O2S/c11-10(15)12(14)6-5-7-3-1-2-4-8(7)9(12)13/h1-4,9,13-14H,5-6H2,(H-,11,15)/p+1. The van der Waals surface area contributed by atoms with Gasteiger partial charge in [-0.05, 0) is 11.6 Å². The molecule has 5 heteroatoms. The van der Waals surface area contributed by atoms with Crippen molar-refractivity contribution in [1.82, 2.24) is 0 Å². The number of thiocarbonyl (C=S) groups is 1. The van der Waals surface area contributed by atoms with Crippen LogP contribution in [0.1, 0.15) is 17.4 Å². The van der Waals surface area contributed by atoms with E-state index in [9.17, 15) is 10.3 Å². The smallest absolute Gasteiger partial charge is 0.302 e. The molecule has 0 aromatic heterocycles. The molecule has 1 aromatic rings. The van der Waals surface area contributed by atoms with Crippen molar-refractivity contribution >= 4 is 17.3 Å². The lowest BCUT2D eigenvalue weighted by molar-refractivity contribution is -1.07. The Balaban J connectivity index is 2.46. The maximum atomic E-state index is 10.1. The van der Waals surface area contributed by atoms with E-state index in [1.807, 2.05) is 18.2 Å². The first-order valence-corrected chi connectivity index (χ1v) is 5.13. The maximum absolute atomic E-state index is 10.1. The molecule has 4 N–H and O–H groups in total. The van der Waals surface area contributed by atoms with Crippen molar-refractivity contribution in [2.24, 2.45) is 5.73 Å². The molecule has 0 aliphatic carbocycles. The third-order valence-corrected chi connectivity index (χ3v) is 3.16. The van der Waals surface area contributed by atoms with Crippen LogP contribution in [0, 0.1) is 0 Å². The van der Waals surface area contributed by atoms with Crippen LogP contribution in [-0.4, -0.2) is 26.6 Å². The van der Waals surface area contributed by atoms with E-state index in [0.29, 0.717) is 18.5 Å². The topological polar surface area (TPSA) is 66.5 Å². The second-order valence-corrected chi connectivity index (χ2v) is 4.13. The van der Waals surface area contributed by atoms with Crippen LogP contribution >= 0.6 is 12.2 Å². The number of fused-ring (bicyclic) bond motifs is 1. The van der Waals surface area contributed by atoms with Gasteiger partial charge in [0.15, 0.2) is 0 Å². The summed E-state index contributed by atoms with van der Waals surface area (Å²) in [6.45, 7) is 0.313. The van der Waals surface area contributed by atoms with Crippen molar-refractivity contribution in [3.8, 4) is 0 Å². The summed E-state index contributed by atoms with van der Waals surface area (Å²) in [4.78, 5) is 0. The van der Waals surface area contributed by atoms with Crippen LogP contribution in [0.4, 0.5) is 0 Å².